The van der Waals surface area contributed by atoms with Gasteiger partial charge in [-0.3, -0.25) is 10.1 Å². The van der Waals surface area contributed by atoms with E-state index in [1.54, 1.807) is 11.3 Å². The van der Waals surface area contributed by atoms with Crippen molar-refractivity contribution in [2.24, 2.45) is 0 Å². The number of amides is 1. The lowest BCUT2D eigenvalue weighted by atomic mass is 10.1. The van der Waals surface area contributed by atoms with Crippen LogP contribution in [-0.4, -0.2) is 26.9 Å². The van der Waals surface area contributed by atoms with Crippen molar-refractivity contribution < 1.29 is 9.18 Å². The molecule has 0 saturated heterocycles. The first-order valence-corrected chi connectivity index (χ1v) is 9.53. The van der Waals surface area contributed by atoms with E-state index in [4.69, 9.17) is 0 Å². The highest BCUT2D eigenvalue weighted by Gasteiger charge is 2.25. The lowest BCUT2D eigenvalue weighted by molar-refractivity contribution is -0.114. The molecule has 2 aromatic rings. The van der Waals surface area contributed by atoms with E-state index in [-0.39, 0.29) is 29.7 Å². The van der Waals surface area contributed by atoms with Gasteiger partial charge in [-0.2, -0.15) is 15.0 Å². The van der Waals surface area contributed by atoms with E-state index in [2.05, 4.69) is 53.0 Å². The Hall–Kier alpha value is -1.61. The minimum Gasteiger partial charge on any atom is -0.352 e. The Labute approximate surface area is 158 Å². The molecule has 0 aliphatic rings. The molecule has 0 saturated carbocycles. The fourth-order valence-corrected chi connectivity index (χ4v) is 3.53. The number of rotatable bonds is 7. The molecule has 0 radical (unpaired) electrons. The highest BCUT2D eigenvalue weighted by molar-refractivity contribution is 9.10. The van der Waals surface area contributed by atoms with E-state index in [0.29, 0.717) is 0 Å². The predicted octanol–water partition coefficient (Wildman–Crippen LogP) is 4.29. The van der Waals surface area contributed by atoms with Gasteiger partial charge < -0.3 is 5.32 Å². The van der Waals surface area contributed by atoms with Gasteiger partial charge in [0.05, 0.1) is 0 Å². The van der Waals surface area contributed by atoms with Gasteiger partial charge >= 0.3 is 0 Å². The molecule has 1 atom stereocenters. The minimum atomic E-state index is -1.74. The van der Waals surface area contributed by atoms with Crippen LogP contribution in [0.3, 0.4) is 0 Å². The van der Waals surface area contributed by atoms with Crippen LogP contribution in [0.4, 0.5) is 16.3 Å². The van der Waals surface area contributed by atoms with Gasteiger partial charge in [0, 0.05) is 27.7 Å². The van der Waals surface area contributed by atoms with Crippen LogP contribution in [-0.2, 0) is 16.9 Å². The first-order valence-electron chi connectivity index (χ1n) is 7.86. The molecule has 25 heavy (non-hydrogen) atoms. The van der Waals surface area contributed by atoms with E-state index in [9.17, 15) is 9.18 Å². The van der Waals surface area contributed by atoms with Crippen LogP contribution in [0.25, 0.3) is 0 Å². The third kappa shape index (κ3) is 6.32. The minimum absolute atomic E-state index is 0.0249. The number of halogens is 2. The number of nitrogens with one attached hydrogen (secondary N) is 2. The van der Waals surface area contributed by atoms with Gasteiger partial charge in [-0.25, -0.2) is 4.39 Å². The maximum absolute atomic E-state index is 14.2. The molecular formula is C16H21BrFN5OS. The molecule has 0 aliphatic carbocycles. The zero-order chi connectivity index (χ0) is 18.6. The van der Waals surface area contributed by atoms with Crippen molar-refractivity contribution in [2.45, 2.75) is 52.2 Å². The van der Waals surface area contributed by atoms with Crippen molar-refractivity contribution in [2.75, 3.05) is 10.6 Å². The number of nitrogens with zero attached hydrogens (tertiary/aromatic N) is 3. The lowest BCUT2D eigenvalue weighted by Gasteiger charge is -2.17. The van der Waals surface area contributed by atoms with Gasteiger partial charge in [0.15, 0.2) is 11.5 Å². The van der Waals surface area contributed by atoms with Crippen LogP contribution in [0.5, 0.6) is 0 Å². The summed E-state index contributed by atoms with van der Waals surface area (Å²) in [5, 5.41) is 7.69. The van der Waals surface area contributed by atoms with Crippen molar-refractivity contribution in [3.05, 3.63) is 26.6 Å². The molecule has 2 heterocycles. The van der Waals surface area contributed by atoms with Crippen molar-refractivity contribution in [3.8, 4) is 0 Å². The number of aryl methyl sites for hydroxylation is 1. The molecule has 1 unspecified atom stereocenters. The summed E-state index contributed by atoms with van der Waals surface area (Å²) in [5.41, 5.74) is -1.74. The van der Waals surface area contributed by atoms with E-state index < -0.39 is 5.67 Å². The average Bonchev–Trinajstić information content (AvgIpc) is 2.89. The number of hydrogen-bond acceptors (Lipinski definition) is 6. The van der Waals surface area contributed by atoms with Gasteiger partial charge in [-0.15, -0.1) is 11.3 Å². The van der Waals surface area contributed by atoms with Crippen LogP contribution in [0.15, 0.2) is 15.9 Å². The Morgan fingerprint density at radius 1 is 1.36 bits per heavy atom. The number of aromatic nitrogens is 3. The van der Waals surface area contributed by atoms with Crippen LogP contribution >= 0.6 is 27.3 Å². The predicted molar refractivity (Wildman–Crippen MR) is 102 cm³/mol. The van der Waals surface area contributed by atoms with Crippen LogP contribution in [0.1, 0.15) is 44.8 Å². The summed E-state index contributed by atoms with van der Waals surface area (Å²) in [7, 11) is 0. The molecule has 2 aromatic heterocycles. The number of alkyl halides is 1. The summed E-state index contributed by atoms with van der Waals surface area (Å²) in [6.45, 7) is 6.08. The molecule has 0 aromatic carbocycles. The van der Waals surface area contributed by atoms with Crippen LogP contribution in [0, 0.1) is 0 Å². The van der Waals surface area contributed by atoms with Crippen LogP contribution < -0.4 is 10.6 Å². The second kappa shape index (κ2) is 8.18. The molecule has 2 rings (SSSR count). The van der Waals surface area contributed by atoms with E-state index >= 15 is 0 Å². The van der Waals surface area contributed by atoms with E-state index in [1.165, 1.54) is 25.6 Å². The zero-order valence-electron chi connectivity index (χ0n) is 14.6. The Balaban J connectivity index is 2.09. The molecule has 6 nitrogen and oxygen atoms in total. The highest BCUT2D eigenvalue weighted by Crippen LogP contribution is 2.24. The molecule has 0 bridgehead atoms. The van der Waals surface area contributed by atoms with Gasteiger partial charge in [-0.05, 0) is 55.6 Å². The normalized spacial score (nSPS) is 12.7. The largest absolute Gasteiger partial charge is 0.352 e. The number of thiophene rings is 1. The molecule has 136 valence electrons. The third-order valence-corrected chi connectivity index (χ3v) is 5.03. The Bertz CT molecular complexity index is 746. The standard InChI is InChI=1S/C16H21BrFN5OS/c1-9(5-6-12-7-11(17)8-25-12)19-14-21-13(16(3,4)18)22-15(23-14)20-10(2)24/h7-9H,5-6H2,1-4H3,(H2,19,20,21,22,23,24). The molecule has 9 heteroatoms. The quantitative estimate of drug-likeness (QED) is 0.685. The Morgan fingerprint density at radius 2 is 2.04 bits per heavy atom. The SMILES string of the molecule is CC(=O)Nc1nc(NC(C)CCc2cc(Br)cs2)nc(C(C)(C)F)n1. The van der Waals surface area contributed by atoms with Gasteiger partial charge in [0.2, 0.25) is 17.8 Å². The Kier molecular flexibility index (Phi) is 6.45. The number of hydrogen-bond donors (Lipinski definition) is 2. The Morgan fingerprint density at radius 3 is 2.60 bits per heavy atom. The fourth-order valence-electron chi connectivity index (χ4n) is 2.06. The second-order valence-corrected chi connectivity index (χ2v) is 8.19. The maximum atomic E-state index is 14.2. The fraction of sp³-hybridized carbons (Fsp3) is 0.500. The van der Waals surface area contributed by atoms with Gasteiger partial charge in [-0.1, -0.05) is 0 Å². The summed E-state index contributed by atoms with van der Waals surface area (Å²) in [5.74, 6) is -0.0568. The second-order valence-electron chi connectivity index (χ2n) is 6.28. The monoisotopic (exact) mass is 429 g/mol. The van der Waals surface area contributed by atoms with Crippen molar-refractivity contribution in [3.63, 3.8) is 0 Å². The molecule has 1 amide bonds. The number of anilines is 2. The van der Waals surface area contributed by atoms with Crippen molar-refractivity contribution >= 4 is 45.1 Å². The summed E-state index contributed by atoms with van der Waals surface area (Å²) >= 11 is 5.14. The van der Waals surface area contributed by atoms with Gasteiger partial charge in [0.1, 0.15) is 0 Å². The third-order valence-electron chi connectivity index (χ3n) is 3.28. The summed E-state index contributed by atoms with van der Waals surface area (Å²) in [4.78, 5) is 24.8. The summed E-state index contributed by atoms with van der Waals surface area (Å²) in [6, 6.07) is 2.17. The molecule has 0 spiro atoms. The lowest BCUT2D eigenvalue weighted by Crippen LogP contribution is -2.23. The van der Waals surface area contributed by atoms with Gasteiger partial charge in [0.25, 0.3) is 0 Å². The smallest absolute Gasteiger partial charge is 0.234 e. The van der Waals surface area contributed by atoms with E-state index in [0.717, 1.165) is 17.3 Å². The highest BCUT2D eigenvalue weighted by atomic mass is 79.9. The van der Waals surface area contributed by atoms with Crippen LogP contribution in [0.2, 0.25) is 0 Å². The summed E-state index contributed by atoms with van der Waals surface area (Å²) < 4.78 is 15.3. The molecule has 0 aliphatic heterocycles. The first-order chi connectivity index (χ1) is 11.6. The first kappa shape index (κ1) is 19.7. The topological polar surface area (TPSA) is 79.8 Å². The maximum Gasteiger partial charge on any atom is 0.234 e. The average molecular weight is 430 g/mol. The summed E-state index contributed by atoms with van der Waals surface area (Å²) in [6.07, 6.45) is 1.78. The zero-order valence-corrected chi connectivity index (χ0v) is 17.0. The number of carbonyl (C=O) groups excluding carboxylic acids is 1. The van der Waals surface area contributed by atoms with E-state index in [1.807, 2.05) is 6.92 Å². The molecular weight excluding hydrogens is 409 g/mol. The molecule has 2 N–H and O–H groups in total. The van der Waals surface area contributed by atoms with Crippen molar-refractivity contribution in [1.29, 1.82) is 0 Å². The number of carbonyl (C=O) groups is 1. The molecule has 0 fully saturated rings. The van der Waals surface area contributed by atoms with Crippen molar-refractivity contribution in [1.82, 2.24) is 15.0 Å².